The molecule has 0 fully saturated rings. The highest BCUT2D eigenvalue weighted by Gasteiger charge is 2.22. The van der Waals surface area contributed by atoms with E-state index in [9.17, 15) is 0 Å². The first-order chi connectivity index (χ1) is 15.0. The van der Waals surface area contributed by atoms with Gasteiger partial charge in [-0.1, -0.05) is 54.5 Å². The lowest BCUT2D eigenvalue weighted by molar-refractivity contribution is 0.000297. The summed E-state index contributed by atoms with van der Waals surface area (Å²) in [4.78, 5) is 20.4. The Hall–Kier alpha value is -3.28. The highest BCUT2D eigenvalue weighted by molar-refractivity contribution is 6.00. The zero-order valence-corrected chi connectivity index (χ0v) is 18.3. The van der Waals surface area contributed by atoms with Gasteiger partial charge in [0.1, 0.15) is 18.9 Å². The van der Waals surface area contributed by atoms with Crippen molar-refractivity contribution in [3.8, 4) is 0 Å². The van der Waals surface area contributed by atoms with Gasteiger partial charge in [0, 0.05) is 16.5 Å². The molecule has 1 aliphatic rings. The molecule has 2 aromatic heterocycles. The van der Waals surface area contributed by atoms with E-state index in [1.807, 2.05) is 43.3 Å². The van der Waals surface area contributed by atoms with Crippen LogP contribution in [0.2, 0.25) is 0 Å². The molecule has 6 heteroatoms. The summed E-state index contributed by atoms with van der Waals surface area (Å²) in [6.07, 6.45) is 4.65. The molecule has 0 radical (unpaired) electrons. The number of oxime groups is 2. The predicted octanol–water partition coefficient (Wildman–Crippen LogP) is 5.07. The SMILES string of the molecule is Cc1ccc2c(n1)/C(=N/OCC(C)(C)CO/N=C/c1ccc3ccccc3n1)CCC2. The molecule has 1 aromatic carbocycles. The highest BCUT2D eigenvalue weighted by atomic mass is 16.6. The van der Waals surface area contributed by atoms with Crippen molar-refractivity contribution < 1.29 is 9.68 Å². The van der Waals surface area contributed by atoms with Crippen molar-refractivity contribution >= 4 is 22.8 Å². The topological polar surface area (TPSA) is 69.0 Å². The molecule has 1 aliphatic carbocycles. The van der Waals surface area contributed by atoms with E-state index < -0.39 is 0 Å². The summed E-state index contributed by atoms with van der Waals surface area (Å²) >= 11 is 0. The lowest BCUT2D eigenvalue weighted by Gasteiger charge is -2.22. The van der Waals surface area contributed by atoms with Crippen molar-refractivity contribution in [2.24, 2.45) is 15.7 Å². The molecule has 3 aromatic rings. The van der Waals surface area contributed by atoms with Crippen LogP contribution in [0.25, 0.3) is 10.9 Å². The van der Waals surface area contributed by atoms with Gasteiger partial charge in [-0.15, -0.1) is 0 Å². The number of benzene rings is 1. The summed E-state index contributed by atoms with van der Waals surface area (Å²) < 4.78 is 0. The number of hydrogen-bond acceptors (Lipinski definition) is 6. The van der Waals surface area contributed by atoms with Crippen LogP contribution in [0.3, 0.4) is 0 Å². The maximum absolute atomic E-state index is 5.70. The molecule has 6 nitrogen and oxygen atoms in total. The fourth-order valence-electron chi connectivity index (χ4n) is 3.47. The van der Waals surface area contributed by atoms with Crippen LogP contribution in [0.1, 0.15) is 49.3 Å². The van der Waals surface area contributed by atoms with Gasteiger partial charge < -0.3 is 9.68 Å². The van der Waals surface area contributed by atoms with Gasteiger partial charge in [0.2, 0.25) is 0 Å². The molecule has 4 rings (SSSR count). The average Bonchev–Trinajstić information content (AvgIpc) is 2.77. The number of fused-ring (bicyclic) bond motifs is 2. The second kappa shape index (κ2) is 9.25. The number of aryl methyl sites for hydroxylation is 2. The largest absolute Gasteiger partial charge is 0.395 e. The Balaban J connectivity index is 1.30. The Morgan fingerprint density at radius 3 is 2.71 bits per heavy atom. The Kier molecular flexibility index (Phi) is 6.26. The fourth-order valence-corrected chi connectivity index (χ4v) is 3.47. The van der Waals surface area contributed by atoms with Crippen LogP contribution in [0, 0.1) is 12.3 Å². The van der Waals surface area contributed by atoms with Crippen molar-refractivity contribution in [2.45, 2.75) is 40.0 Å². The third kappa shape index (κ3) is 5.45. The Bertz CT molecular complexity index is 1120. The lowest BCUT2D eigenvalue weighted by Crippen LogP contribution is -2.24. The van der Waals surface area contributed by atoms with Gasteiger partial charge >= 0.3 is 0 Å². The van der Waals surface area contributed by atoms with E-state index in [-0.39, 0.29) is 5.41 Å². The van der Waals surface area contributed by atoms with E-state index in [0.717, 1.165) is 53.0 Å². The number of aromatic nitrogens is 2. The Labute approximate surface area is 183 Å². The summed E-state index contributed by atoms with van der Waals surface area (Å²) in [7, 11) is 0. The van der Waals surface area contributed by atoms with Crippen molar-refractivity contribution in [2.75, 3.05) is 13.2 Å². The number of hydrogen-bond donors (Lipinski definition) is 0. The minimum Gasteiger partial charge on any atom is -0.395 e. The van der Waals surface area contributed by atoms with Gasteiger partial charge in [-0.05, 0) is 49.9 Å². The van der Waals surface area contributed by atoms with Crippen LogP contribution in [0.15, 0.2) is 58.8 Å². The second-order valence-electron chi connectivity index (χ2n) is 8.73. The lowest BCUT2D eigenvalue weighted by atomic mass is 9.94. The normalized spacial score (nSPS) is 15.4. The monoisotopic (exact) mass is 416 g/mol. The molecule has 0 spiro atoms. The molecule has 160 valence electrons. The van der Waals surface area contributed by atoms with Crippen LogP contribution in [-0.2, 0) is 16.1 Å². The first-order valence-corrected chi connectivity index (χ1v) is 10.7. The number of rotatable bonds is 7. The van der Waals surface area contributed by atoms with Gasteiger partial charge in [-0.25, -0.2) is 4.98 Å². The standard InChI is InChI=1S/C25H28N4O2/c1-18-11-12-20-8-6-10-23(24(20)27-18)29-31-17-25(2,3)16-30-26-15-21-14-13-19-7-4-5-9-22(19)28-21/h4-5,7,9,11-15H,6,8,10,16-17H2,1-3H3/b26-15+,29-23+. The maximum atomic E-state index is 5.70. The fraction of sp³-hybridized carbons (Fsp3) is 0.360. The molecule has 0 amide bonds. The molecule has 0 aliphatic heterocycles. The maximum Gasteiger partial charge on any atom is 0.125 e. The average molecular weight is 417 g/mol. The minimum absolute atomic E-state index is 0.240. The number of para-hydroxylation sites is 1. The van der Waals surface area contributed by atoms with Gasteiger partial charge in [0.15, 0.2) is 0 Å². The smallest absolute Gasteiger partial charge is 0.125 e. The Morgan fingerprint density at radius 2 is 1.81 bits per heavy atom. The zero-order chi connectivity index (χ0) is 21.7. The van der Waals surface area contributed by atoms with Crippen LogP contribution in [-0.4, -0.2) is 35.1 Å². The predicted molar refractivity (Wildman–Crippen MR) is 123 cm³/mol. The molecular weight excluding hydrogens is 388 g/mol. The van der Waals surface area contributed by atoms with E-state index in [0.29, 0.717) is 13.2 Å². The molecule has 31 heavy (non-hydrogen) atoms. The number of nitrogens with zero attached hydrogens (tertiary/aromatic N) is 4. The van der Waals surface area contributed by atoms with Crippen molar-refractivity contribution in [1.82, 2.24) is 9.97 Å². The summed E-state index contributed by atoms with van der Waals surface area (Å²) in [6.45, 7) is 6.97. The van der Waals surface area contributed by atoms with E-state index in [2.05, 4.69) is 46.3 Å². The van der Waals surface area contributed by atoms with E-state index >= 15 is 0 Å². The van der Waals surface area contributed by atoms with Crippen LogP contribution in [0.5, 0.6) is 0 Å². The van der Waals surface area contributed by atoms with Crippen molar-refractivity contribution in [1.29, 1.82) is 0 Å². The van der Waals surface area contributed by atoms with Gasteiger partial charge in [-0.2, -0.15) is 0 Å². The highest BCUT2D eigenvalue weighted by Crippen LogP contribution is 2.22. The molecular formula is C25H28N4O2. The van der Waals surface area contributed by atoms with Gasteiger partial charge in [-0.3, -0.25) is 4.98 Å². The molecule has 2 heterocycles. The molecule has 0 bridgehead atoms. The second-order valence-corrected chi connectivity index (χ2v) is 8.73. The molecule has 0 saturated carbocycles. The third-order valence-electron chi connectivity index (χ3n) is 5.22. The summed E-state index contributed by atoms with van der Waals surface area (Å²) in [5, 5.41) is 9.59. The Morgan fingerprint density at radius 1 is 0.968 bits per heavy atom. The molecule has 0 saturated heterocycles. The van der Waals surface area contributed by atoms with E-state index in [1.54, 1.807) is 6.21 Å². The molecule has 0 N–H and O–H groups in total. The van der Waals surface area contributed by atoms with E-state index in [4.69, 9.17) is 9.68 Å². The summed E-state index contributed by atoms with van der Waals surface area (Å²) in [5.41, 5.74) is 5.62. The van der Waals surface area contributed by atoms with Crippen LogP contribution in [0.4, 0.5) is 0 Å². The van der Waals surface area contributed by atoms with E-state index in [1.165, 1.54) is 5.56 Å². The zero-order valence-electron chi connectivity index (χ0n) is 18.3. The van der Waals surface area contributed by atoms with Gasteiger partial charge in [0.25, 0.3) is 0 Å². The van der Waals surface area contributed by atoms with Crippen LogP contribution < -0.4 is 0 Å². The molecule has 0 unspecified atom stereocenters. The quantitative estimate of drug-likeness (QED) is 0.398. The minimum atomic E-state index is -0.240. The number of pyridine rings is 2. The first-order valence-electron chi connectivity index (χ1n) is 10.7. The van der Waals surface area contributed by atoms with Crippen LogP contribution >= 0.6 is 0 Å². The third-order valence-corrected chi connectivity index (χ3v) is 5.22. The van der Waals surface area contributed by atoms with Crippen molar-refractivity contribution in [3.63, 3.8) is 0 Å². The summed E-state index contributed by atoms with van der Waals surface area (Å²) in [6, 6.07) is 16.1. The first kappa shape index (κ1) is 21.0. The van der Waals surface area contributed by atoms with Gasteiger partial charge in [0.05, 0.1) is 23.1 Å². The summed E-state index contributed by atoms with van der Waals surface area (Å²) in [5.74, 6) is 0. The molecule has 0 atom stereocenters. The van der Waals surface area contributed by atoms with Crippen molar-refractivity contribution in [3.05, 3.63) is 71.2 Å².